The molecule has 3 rings (SSSR count). The van der Waals surface area contributed by atoms with E-state index < -0.39 is 49.4 Å². The molecule has 0 unspecified atom stereocenters. The summed E-state index contributed by atoms with van der Waals surface area (Å²) < 4.78 is 91.1. The van der Waals surface area contributed by atoms with E-state index in [2.05, 4.69) is 0 Å². The molecule has 3 aromatic rings. The second kappa shape index (κ2) is 6.79. The minimum absolute atomic E-state index is 0.0963. The molecule has 0 amide bonds. The number of aromatic hydroxyl groups is 1. The Morgan fingerprint density at radius 2 is 1.79 bits per heavy atom. The van der Waals surface area contributed by atoms with Crippen molar-refractivity contribution in [1.82, 2.24) is 4.57 Å². The highest BCUT2D eigenvalue weighted by atomic mass is 32.2. The van der Waals surface area contributed by atoms with Crippen molar-refractivity contribution in [2.24, 2.45) is 0 Å². The number of fused-ring (bicyclic) bond motifs is 1. The van der Waals surface area contributed by atoms with Crippen molar-refractivity contribution >= 4 is 20.7 Å². The van der Waals surface area contributed by atoms with E-state index in [0.717, 1.165) is 28.8 Å². The molecule has 11 heteroatoms. The van der Waals surface area contributed by atoms with Gasteiger partial charge in [0.15, 0.2) is 11.6 Å². The largest absolute Gasteiger partial charge is 0.504 e. The Hall–Kier alpha value is -3.13. The Kier molecular flexibility index (Phi) is 4.76. The smallest absolute Gasteiger partial charge is 0.341 e. The van der Waals surface area contributed by atoms with E-state index in [1.165, 1.54) is 6.07 Å². The van der Waals surface area contributed by atoms with Crippen LogP contribution in [0.25, 0.3) is 16.6 Å². The van der Waals surface area contributed by atoms with Crippen LogP contribution in [0.4, 0.5) is 22.0 Å². The number of benzene rings is 2. The summed E-state index contributed by atoms with van der Waals surface area (Å²) in [6.45, 7) is 0. The average Bonchev–Trinajstić information content (AvgIpc) is 3.05. The van der Waals surface area contributed by atoms with Crippen molar-refractivity contribution in [2.45, 2.75) is 17.1 Å². The van der Waals surface area contributed by atoms with E-state index in [1.54, 1.807) is 6.07 Å². The lowest BCUT2D eigenvalue weighted by molar-refractivity contribution is 0.151. The van der Waals surface area contributed by atoms with Gasteiger partial charge in [-0.25, -0.2) is 21.6 Å². The Morgan fingerprint density at radius 3 is 2.36 bits per heavy atom. The molecule has 0 saturated carbocycles. The highest BCUT2D eigenvalue weighted by molar-refractivity contribution is 7.92. The Labute approximate surface area is 154 Å². The van der Waals surface area contributed by atoms with Crippen molar-refractivity contribution in [3.8, 4) is 17.5 Å². The van der Waals surface area contributed by atoms with E-state index >= 15 is 0 Å². The van der Waals surface area contributed by atoms with Gasteiger partial charge in [-0.05, 0) is 30.3 Å². The van der Waals surface area contributed by atoms with Crippen LogP contribution in [0.3, 0.4) is 0 Å². The number of phenolic OH excluding ortho intramolecular Hbond substituents is 1. The van der Waals surface area contributed by atoms with Gasteiger partial charge < -0.3 is 9.67 Å². The van der Waals surface area contributed by atoms with Crippen LogP contribution in [0.15, 0.2) is 41.4 Å². The summed E-state index contributed by atoms with van der Waals surface area (Å²) in [5.41, 5.74) is -1.29. The first-order chi connectivity index (χ1) is 13.1. The topological polar surface area (TPSA) is 83.1 Å². The first kappa shape index (κ1) is 19.6. The summed E-state index contributed by atoms with van der Waals surface area (Å²) in [6.07, 6.45) is -2.35. The second-order valence-electron chi connectivity index (χ2n) is 5.64. The zero-order chi connectivity index (χ0) is 20.8. The van der Waals surface area contributed by atoms with Gasteiger partial charge in [-0.15, -0.1) is 0 Å². The minimum Gasteiger partial charge on any atom is -0.504 e. The molecule has 0 atom stereocenters. The van der Waals surface area contributed by atoms with Crippen molar-refractivity contribution in [3.63, 3.8) is 0 Å². The van der Waals surface area contributed by atoms with E-state index in [-0.39, 0.29) is 16.8 Å². The van der Waals surface area contributed by atoms with Crippen LogP contribution in [-0.4, -0.2) is 23.8 Å². The van der Waals surface area contributed by atoms with E-state index in [1.807, 2.05) is 0 Å². The van der Waals surface area contributed by atoms with Gasteiger partial charge in [0.25, 0.3) is 6.43 Å². The third-order valence-corrected chi connectivity index (χ3v) is 5.46. The maximum Gasteiger partial charge on any atom is 0.341 e. The molecule has 2 aromatic carbocycles. The fraction of sp³-hybridized carbons (Fsp3) is 0.118. The molecule has 0 aliphatic carbocycles. The van der Waals surface area contributed by atoms with Crippen molar-refractivity contribution < 1.29 is 35.5 Å². The number of nitrogens with zero attached hydrogens (tertiary/aromatic N) is 2. The normalized spacial score (nSPS) is 12.1. The van der Waals surface area contributed by atoms with E-state index in [9.17, 15) is 35.5 Å². The fourth-order valence-corrected chi connectivity index (χ4v) is 3.69. The molecule has 1 N–H and O–H groups in total. The summed E-state index contributed by atoms with van der Waals surface area (Å²) in [5.74, 6) is -6.27. The number of phenols is 1. The Bertz CT molecular complexity index is 1230. The number of sulfone groups is 1. The van der Waals surface area contributed by atoms with Gasteiger partial charge in [-0.3, -0.25) is 0 Å². The van der Waals surface area contributed by atoms with Crippen molar-refractivity contribution in [2.75, 3.05) is 0 Å². The number of halogens is 5. The summed E-state index contributed by atoms with van der Waals surface area (Å²) in [6, 6.07) is 6.47. The number of hydrogen-bond acceptors (Lipinski definition) is 4. The third kappa shape index (κ3) is 2.95. The predicted octanol–water partition coefficient (Wildman–Crippen LogP) is 4.28. The standard InChI is InChI=1S/C17H9F5N2O3S/c18-11-3-4-12-14(15(11)25)13(28(26,27)17(21)22)7-24(12)9-2-1-8(6-23)10(5-9)16(19)20/h1-5,7,16-17,25H. The Balaban J connectivity index is 2.40. The van der Waals surface area contributed by atoms with Gasteiger partial charge in [0.2, 0.25) is 9.84 Å². The lowest BCUT2D eigenvalue weighted by atomic mass is 10.1. The summed E-state index contributed by atoms with van der Waals surface area (Å²) in [5, 5.41) is 18.1. The number of hydrogen-bond donors (Lipinski definition) is 1. The van der Waals surface area contributed by atoms with Crippen LogP contribution in [0.2, 0.25) is 0 Å². The molecule has 28 heavy (non-hydrogen) atoms. The van der Waals surface area contributed by atoms with Gasteiger partial charge >= 0.3 is 5.76 Å². The van der Waals surface area contributed by atoms with Crippen molar-refractivity contribution in [1.29, 1.82) is 5.26 Å². The zero-order valence-electron chi connectivity index (χ0n) is 13.6. The van der Waals surface area contributed by atoms with Crippen LogP contribution in [0.5, 0.6) is 5.75 Å². The average molecular weight is 416 g/mol. The van der Waals surface area contributed by atoms with Crippen LogP contribution in [-0.2, 0) is 9.84 Å². The highest BCUT2D eigenvalue weighted by Gasteiger charge is 2.32. The third-order valence-electron chi connectivity index (χ3n) is 4.07. The predicted molar refractivity (Wildman–Crippen MR) is 87.8 cm³/mol. The van der Waals surface area contributed by atoms with Crippen LogP contribution in [0, 0.1) is 17.1 Å². The highest BCUT2D eigenvalue weighted by Crippen LogP contribution is 2.38. The lowest BCUT2D eigenvalue weighted by Crippen LogP contribution is -2.11. The molecule has 5 nitrogen and oxygen atoms in total. The molecule has 0 fully saturated rings. The molecule has 1 heterocycles. The molecule has 0 aliphatic heterocycles. The number of alkyl halides is 4. The Morgan fingerprint density at radius 1 is 1.11 bits per heavy atom. The molecule has 1 aromatic heterocycles. The number of rotatable bonds is 4. The number of aromatic nitrogens is 1. The molecule has 146 valence electrons. The molecule has 0 aliphatic rings. The number of nitriles is 1. The zero-order valence-corrected chi connectivity index (χ0v) is 14.4. The second-order valence-corrected chi connectivity index (χ2v) is 7.53. The van der Waals surface area contributed by atoms with Gasteiger partial charge in [0.05, 0.1) is 22.5 Å². The molecular weight excluding hydrogens is 407 g/mol. The quantitative estimate of drug-likeness (QED) is 0.644. The summed E-state index contributed by atoms with van der Waals surface area (Å²) in [4.78, 5) is -1.06. The van der Waals surface area contributed by atoms with Crippen LogP contribution in [0.1, 0.15) is 17.6 Å². The van der Waals surface area contributed by atoms with Gasteiger partial charge in [0.1, 0.15) is 4.90 Å². The van der Waals surface area contributed by atoms with Gasteiger partial charge in [-0.2, -0.15) is 14.0 Å². The summed E-state index contributed by atoms with van der Waals surface area (Å²) >= 11 is 0. The minimum atomic E-state index is -5.25. The maximum absolute atomic E-state index is 13.7. The molecule has 0 bridgehead atoms. The van der Waals surface area contributed by atoms with Crippen molar-refractivity contribution in [3.05, 3.63) is 53.5 Å². The molecule has 0 radical (unpaired) electrons. The first-order valence-corrected chi connectivity index (χ1v) is 9.01. The van der Waals surface area contributed by atoms with Gasteiger partial charge in [-0.1, -0.05) is 0 Å². The van der Waals surface area contributed by atoms with Gasteiger partial charge in [0, 0.05) is 17.4 Å². The van der Waals surface area contributed by atoms with E-state index in [0.29, 0.717) is 6.20 Å². The molecular formula is C17H9F5N2O3S. The van der Waals surface area contributed by atoms with Crippen LogP contribution < -0.4 is 0 Å². The molecule has 0 saturated heterocycles. The first-order valence-electron chi connectivity index (χ1n) is 7.46. The van der Waals surface area contributed by atoms with E-state index in [4.69, 9.17) is 5.26 Å². The monoisotopic (exact) mass is 416 g/mol. The molecule has 0 spiro atoms. The fourth-order valence-electron chi connectivity index (χ4n) is 2.76. The van der Waals surface area contributed by atoms with Crippen LogP contribution >= 0.6 is 0 Å². The maximum atomic E-state index is 13.7. The lowest BCUT2D eigenvalue weighted by Gasteiger charge is -2.09. The summed E-state index contributed by atoms with van der Waals surface area (Å²) in [7, 11) is -5.25. The SMILES string of the molecule is N#Cc1ccc(-n2cc(S(=O)(=O)C(F)F)c3c(O)c(F)ccc32)cc1C(F)F.